The summed E-state index contributed by atoms with van der Waals surface area (Å²) >= 11 is 0. The number of aliphatic hydroxyl groups is 1. The van der Waals surface area contributed by atoms with Gasteiger partial charge in [0, 0.05) is 19.0 Å². The summed E-state index contributed by atoms with van der Waals surface area (Å²) in [5.74, 6) is 1.62. The third kappa shape index (κ3) is 8.79. The Bertz CT molecular complexity index is 518. The van der Waals surface area contributed by atoms with Gasteiger partial charge in [-0.25, -0.2) is 0 Å². The van der Waals surface area contributed by atoms with Crippen molar-refractivity contribution >= 4 is 29.9 Å². The molecule has 1 aromatic carbocycles. The van der Waals surface area contributed by atoms with Gasteiger partial charge in [-0.15, -0.1) is 24.0 Å². The van der Waals surface area contributed by atoms with E-state index in [1.165, 1.54) is 38.9 Å². The molecule has 1 unspecified atom stereocenters. The third-order valence-electron chi connectivity index (χ3n) is 5.11. The molecule has 0 amide bonds. The summed E-state index contributed by atoms with van der Waals surface area (Å²) in [6, 6.07) is 10.1. The molecule has 1 saturated heterocycles. The maximum absolute atomic E-state index is 9.71. The van der Waals surface area contributed by atoms with E-state index in [-0.39, 0.29) is 36.5 Å². The number of nitrogens with zero attached hydrogens (tertiary/aromatic N) is 2. The van der Waals surface area contributed by atoms with Crippen molar-refractivity contribution in [2.24, 2.45) is 10.9 Å². The van der Waals surface area contributed by atoms with Crippen LogP contribution in [0.1, 0.15) is 44.6 Å². The second-order valence-corrected chi connectivity index (χ2v) is 7.18. The zero-order valence-electron chi connectivity index (χ0n) is 16.9. The molecule has 1 aromatic rings. The van der Waals surface area contributed by atoms with Crippen LogP contribution in [0.25, 0.3) is 0 Å². The van der Waals surface area contributed by atoms with Gasteiger partial charge in [0.15, 0.2) is 5.96 Å². The first-order chi connectivity index (χ1) is 12.8. The van der Waals surface area contributed by atoms with Crippen molar-refractivity contribution < 1.29 is 5.11 Å². The smallest absolute Gasteiger partial charge is 0.191 e. The number of hydrogen-bond donors (Lipinski definition) is 3. The molecule has 1 aliphatic heterocycles. The van der Waals surface area contributed by atoms with Crippen LogP contribution in [-0.2, 0) is 0 Å². The van der Waals surface area contributed by atoms with E-state index in [1.807, 2.05) is 18.2 Å². The first kappa shape index (κ1) is 24.2. The maximum atomic E-state index is 9.71. The molecule has 27 heavy (non-hydrogen) atoms. The van der Waals surface area contributed by atoms with Crippen molar-refractivity contribution in [3.05, 3.63) is 35.9 Å². The minimum absolute atomic E-state index is 0. The number of piperidine rings is 1. The molecule has 2 rings (SSSR count). The Morgan fingerprint density at radius 2 is 1.89 bits per heavy atom. The van der Waals surface area contributed by atoms with Crippen LogP contribution in [0.2, 0.25) is 0 Å². The quantitative estimate of drug-likeness (QED) is 0.284. The molecule has 0 aliphatic carbocycles. The van der Waals surface area contributed by atoms with Gasteiger partial charge < -0.3 is 20.6 Å². The lowest BCUT2D eigenvalue weighted by Gasteiger charge is -2.32. The average molecular weight is 488 g/mol. The van der Waals surface area contributed by atoms with Gasteiger partial charge in [-0.2, -0.15) is 0 Å². The van der Waals surface area contributed by atoms with Crippen molar-refractivity contribution in [3.63, 3.8) is 0 Å². The minimum Gasteiger partial charge on any atom is -0.396 e. The van der Waals surface area contributed by atoms with E-state index in [0.29, 0.717) is 6.54 Å². The van der Waals surface area contributed by atoms with Crippen LogP contribution in [0.5, 0.6) is 0 Å². The summed E-state index contributed by atoms with van der Waals surface area (Å²) in [5.41, 5.74) is 1.14. The first-order valence-corrected chi connectivity index (χ1v) is 10.2. The van der Waals surface area contributed by atoms with E-state index >= 15 is 0 Å². The van der Waals surface area contributed by atoms with E-state index in [0.717, 1.165) is 30.5 Å². The number of benzene rings is 1. The van der Waals surface area contributed by atoms with Crippen LogP contribution in [0.15, 0.2) is 35.3 Å². The van der Waals surface area contributed by atoms with Crippen LogP contribution in [0.4, 0.5) is 0 Å². The number of nitrogens with one attached hydrogen (secondary N) is 2. The Labute approximate surface area is 182 Å². The Kier molecular flexibility index (Phi) is 12.7. The van der Waals surface area contributed by atoms with Crippen molar-refractivity contribution in [1.82, 2.24) is 15.5 Å². The highest BCUT2D eigenvalue weighted by atomic mass is 127. The molecule has 1 heterocycles. The fourth-order valence-corrected chi connectivity index (χ4v) is 3.51. The van der Waals surface area contributed by atoms with Crippen LogP contribution in [-0.4, -0.2) is 61.8 Å². The number of aliphatic imine (C=N–C) groups is 1. The number of likely N-dealkylation sites (tertiary alicyclic amines) is 1. The lowest BCUT2D eigenvalue weighted by atomic mass is 9.97. The molecule has 5 nitrogen and oxygen atoms in total. The molecular formula is C21H37IN4O. The molecule has 0 saturated carbocycles. The SMILES string of the molecule is CCCN1CCC(CNC(=NCC(CO)c2ccccc2)NCC)CC1.I. The maximum Gasteiger partial charge on any atom is 0.191 e. The summed E-state index contributed by atoms with van der Waals surface area (Å²) in [6.07, 6.45) is 3.76. The van der Waals surface area contributed by atoms with Gasteiger partial charge in [0.1, 0.15) is 0 Å². The lowest BCUT2D eigenvalue weighted by molar-refractivity contribution is 0.185. The third-order valence-corrected chi connectivity index (χ3v) is 5.11. The van der Waals surface area contributed by atoms with E-state index < -0.39 is 0 Å². The molecule has 0 aromatic heterocycles. The van der Waals surface area contributed by atoms with Gasteiger partial charge in [0.2, 0.25) is 0 Å². The molecule has 6 heteroatoms. The molecule has 154 valence electrons. The molecule has 3 N–H and O–H groups in total. The average Bonchev–Trinajstić information content (AvgIpc) is 2.68. The second-order valence-electron chi connectivity index (χ2n) is 7.18. The van der Waals surface area contributed by atoms with Crippen LogP contribution < -0.4 is 10.6 Å². The molecule has 0 spiro atoms. The van der Waals surface area contributed by atoms with Crippen molar-refractivity contribution in [2.75, 3.05) is 45.9 Å². The highest BCUT2D eigenvalue weighted by Crippen LogP contribution is 2.17. The molecule has 0 bridgehead atoms. The predicted molar refractivity (Wildman–Crippen MR) is 125 cm³/mol. The molecule has 1 atom stereocenters. The fraction of sp³-hybridized carbons (Fsp3) is 0.667. The zero-order chi connectivity index (χ0) is 18.6. The topological polar surface area (TPSA) is 59.9 Å². The summed E-state index contributed by atoms with van der Waals surface area (Å²) in [7, 11) is 0. The van der Waals surface area contributed by atoms with Crippen molar-refractivity contribution in [3.8, 4) is 0 Å². The van der Waals surface area contributed by atoms with E-state index in [9.17, 15) is 5.11 Å². The lowest BCUT2D eigenvalue weighted by Crippen LogP contribution is -2.43. The van der Waals surface area contributed by atoms with Crippen LogP contribution in [0.3, 0.4) is 0 Å². The van der Waals surface area contributed by atoms with Crippen molar-refractivity contribution in [1.29, 1.82) is 0 Å². The zero-order valence-corrected chi connectivity index (χ0v) is 19.2. The normalized spacial score (nSPS) is 17.2. The van der Waals surface area contributed by atoms with E-state index in [1.54, 1.807) is 0 Å². The van der Waals surface area contributed by atoms with Crippen molar-refractivity contribution in [2.45, 2.75) is 39.0 Å². The highest BCUT2D eigenvalue weighted by molar-refractivity contribution is 14.0. The molecule has 1 aliphatic rings. The number of guanidine groups is 1. The van der Waals surface area contributed by atoms with Crippen LogP contribution in [0, 0.1) is 5.92 Å². The van der Waals surface area contributed by atoms with Gasteiger partial charge in [-0.3, -0.25) is 4.99 Å². The van der Waals surface area contributed by atoms with Gasteiger partial charge >= 0.3 is 0 Å². The monoisotopic (exact) mass is 488 g/mol. The molecule has 1 fully saturated rings. The Balaban J connectivity index is 0.00000364. The summed E-state index contributed by atoms with van der Waals surface area (Å²) in [5, 5.41) is 16.5. The number of aliphatic hydroxyl groups excluding tert-OH is 1. The summed E-state index contributed by atoms with van der Waals surface area (Å²) < 4.78 is 0. The van der Waals surface area contributed by atoms with Crippen LogP contribution >= 0.6 is 24.0 Å². The Hall–Kier alpha value is -0.860. The van der Waals surface area contributed by atoms with E-state index in [2.05, 4.69) is 41.5 Å². The van der Waals surface area contributed by atoms with Gasteiger partial charge in [-0.1, -0.05) is 37.3 Å². The number of hydrogen-bond acceptors (Lipinski definition) is 3. The van der Waals surface area contributed by atoms with Gasteiger partial charge in [0.05, 0.1) is 13.2 Å². The molecule has 0 radical (unpaired) electrons. The standard InChI is InChI=1S/C21H36N4O.HI/c1-3-12-25-13-10-18(11-14-25)15-23-21(22-4-2)24-16-20(17-26)19-8-6-5-7-9-19;/h5-9,18,20,26H,3-4,10-17H2,1-2H3,(H2,22,23,24);1H. The fourth-order valence-electron chi connectivity index (χ4n) is 3.51. The largest absolute Gasteiger partial charge is 0.396 e. The highest BCUT2D eigenvalue weighted by Gasteiger charge is 2.18. The van der Waals surface area contributed by atoms with E-state index in [4.69, 9.17) is 4.99 Å². The minimum atomic E-state index is 0. The van der Waals surface area contributed by atoms with Gasteiger partial charge in [-0.05, 0) is 57.3 Å². The number of rotatable bonds is 9. The predicted octanol–water partition coefficient (Wildman–Crippen LogP) is 3.06. The van der Waals surface area contributed by atoms with Gasteiger partial charge in [0.25, 0.3) is 0 Å². The second kappa shape index (κ2) is 14.2. The number of halogens is 1. The molecular weight excluding hydrogens is 451 g/mol. The first-order valence-electron chi connectivity index (χ1n) is 10.2. The Morgan fingerprint density at radius 1 is 1.19 bits per heavy atom. The summed E-state index contributed by atoms with van der Waals surface area (Å²) in [4.78, 5) is 7.28. The Morgan fingerprint density at radius 3 is 2.48 bits per heavy atom. The summed E-state index contributed by atoms with van der Waals surface area (Å²) in [6.45, 7) is 10.5.